The minimum Gasteiger partial charge on any atom is -0.496 e. The van der Waals surface area contributed by atoms with Crippen molar-refractivity contribution in [2.45, 2.75) is 31.3 Å². The number of Topliss-reactive ketones (excluding diaryl/α,β-unsaturated/α-hetero) is 2. The van der Waals surface area contributed by atoms with Crippen molar-refractivity contribution >= 4 is 29.1 Å². The number of halogens is 2. The number of rotatable bonds is 4. The summed E-state index contributed by atoms with van der Waals surface area (Å²) in [6.07, 6.45) is 2.15. The number of ether oxygens (including phenoxy) is 4. The average molecular weight is 527 g/mol. The topological polar surface area (TPSA) is 88.1 Å². The molecule has 9 heteroatoms. The Morgan fingerprint density at radius 2 is 1.76 bits per heavy atom. The second kappa shape index (κ2) is 9.03. The fourth-order valence-electron chi connectivity index (χ4n) is 5.59. The Labute approximate surface area is 217 Å². The first-order chi connectivity index (χ1) is 17.7. The van der Waals surface area contributed by atoms with E-state index in [9.17, 15) is 18.8 Å². The zero-order chi connectivity index (χ0) is 26.6. The van der Waals surface area contributed by atoms with Gasteiger partial charge in [0.2, 0.25) is 17.2 Å². The molecule has 0 saturated heterocycles. The average Bonchev–Trinajstić information content (AvgIpc) is 3.21. The molecule has 1 aliphatic heterocycles. The van der Waals surface area contributed by atoms with E-state index >= 15 is 0 Å². The number of allylic oxidation sites excluding steroid dienone is 2. The Morgan fingerprint density at radius 1 is 1.08 bits per heavy atom. The van der Waals surface area contributed by atoms with Crippen LogP contribution in [0.4, 0.5) is 4.39 Å². The SMILES string of the molecule is COC(=O)C1=CC(c2ccc(F)cc2)C2=C(C1)C[C@@H](C)[C@]1(Oc3c(Cl)c(OC)cc(OC)c3C1=O)C2=O. The Balaban J connectivity index is 1.67. The molecule has 1 spiro atoms. The third-order valence-corrected chi connectivity index (χ3v) is 7.75. The standard InChI is InChI=1S/C28H24ClFO7/c1-13-9-15-10-16(27(33)36-4)11-18(14-5-7-17(30)8-6-14)21(15)25(31)28(13)26(32)22-19(34-2)12-20(35-3)23(29)24(22)37-28/h5-8,11-13,18H,9-10H2,1-4H3/t13-,18?,28+/m1/s1. The predicted molar refractivity (Wildman–Crippen MR) is 132 cm³/mol. The van der Waals surface area contributed by atoms with Gasteiger partial charge in [-0.1, -0.05) is 42.3 Å². The summed E-state index contributed by atoms with van der Waals surface area (Å²) in [6, 6.07) is 7.15. The third-order valence-electron chi connectivity index (χ3n) is 7.39. The first-order valence-electron chi connectivity index (χ1n) is 11.7. The summed E-state index contributed by atoms with van der Waals surface area (Å²) in [5, 5.41) is 0.0647. The highest BCUT2D eigenvalue weighted by Gasteiger charge is 2.63. The van der Waals surface area contributed by atoms with Gasteiger partial charge in [-0.25, -0.2) is 9.18 Å². The van der Waals surface area contributed by atoms with E-state index < -0.39 is 40.8 Å². The molecule has 1 unspecified atom stereocenters. The molecular weight excluding hydrogens is 503 g/mol. The van der Waals surface area contributed by atoms with Crippen LogP contribution in [-0.4, -0.2) is 44.5 Å². The number of methoxy groups -OCH3 is 3. The van der Waals surface area contributed by atoms with E-state index in [4.69, 9.17) is 30.5 Å². The maximum Gasteiger partial charge on any atom is 0.333 e. The van der Waals surface area contributed by atoms with Crippen molar-refractivity contribution in [1.29, 1.82) is 0 Å². The number of esters is 1. The number of ketones is 2. The molecule has 3 atom stereocenters. The van der Waals surface area contributed by atoms with Gasteiger partial charge >= 0.3 is 5.97 Å². The summed E-state index contributed by atoms with van der Waals surface area (Å²) in [6.45, 7) is 1.76. The molecule has 192 valence electrons. The van der Waals surface area contributed by atoms with Gasteiger partial charge in [-0.3, -0.25) is 9.59 Å². The van der Waals surface area contributed by atoms with Crippen molar-refractivity contribution in [2.24, 2.45) is 5.92 Å². The minimum absolute atomic E-state index is 0.0343. The Hall–Kier alpha value is -3.65. The fourth-order valence-corrected chi connectivity index (χ4v) is 5.85. The Bertz CT molecular complexity index is 1410. The monoisotopic (exact) mass is 526 g/mol. The van der Waals surface area contributed by atoms with Crippen molar-refractivity contribution in [3.8, 4) is 17.2 Å². The lowest BCUT2D eigenvalue weighted by molar-refractivity contribution is -0.136. The maximum atomic E-state index is 14.4. The molecule has 0 fully saturated rings. The Kier molecular flexibility index (Phi) is 6.10. The lowest BCUT2D eigenvalue weighted by atomic mass is 9.63. The van der Waals surface area contributed by atoms with Crippen LogP contribution < -0.4 is 14.2 Å². The van der Waals surface area contributed by atoms with Crippen LogP contribution in [0, 0.1) is 11.7 Å². The third kappa shape index (κ3) is 3.57. The highest BCUT2D eigenvalue weighted by molar-refractivity contribution is 6.36. The molecule has 37 heavy (non-hydrogen) atoms. The van der Waals surface area contributed by atoms with Gasteiger partial charge in [-0.05, 0) is 24.1 Å². The van der Waals surface area contributed by atoms with Crippen molar-refractivity contribution < 1.29 is 37.7 Å². The molecule has 5 rings (SSSR count). The van der Waals surface area contributed by atoms with Crippen LogP contribution in [0.25, 0.3) is 0 Å². The smallest absolute Gasteiger partial charge is 0.333 e. The van der Waals surface area contributed by atoms with Gasteiger partial charge in [0, 0.05) is 35.5 Å². The van der Waals surface area contributed by atoms with Crippen LogP contribution in [0.3, 0.4) is 0 Å². The van der Waals surface area contributed by atoms with E-state index in [2.05, 4.69) is 0 Å². The number of carbonyl (C=O) groups excluding carboxylic acids is 3. The number of hydrogen-bond acceptors (Lipinski definition) is 7. The first-order valence-corrected chi connectivity index (χ1v) is 12.0. The van der Waals surface area contributed by atoms with Crippen molar-refractivity contribution in [3.63, 3.8) is 0 Å². The van der Waals surface area contributed by atoms with E-state index in [1.807, 2.05) is 0 Å². The molecule has 2 aromatic rings. The van der Waals surface area contributed by atoms with E-state index in [0.29, 0.717) is 28.7 Å². The largest absolute Gasteiger partial charge is 0.496 e. The molecule has 7 nitrogen and oxygen atoms in total. The van der Waals surface area contributed by atoms with E-state index in [-0.39, 0.29) is 34.3 Å². The number of benzene rings is 2. The van der Waals surface area contributed by atoms with Crippen LogP contribution in [0.5, 0.6) is 17.2 Å². The van der Waals surface area contributed by atoms with Crippen LogP contribution in [0.15, 0.2) is 53.1 Å². The molecule has 0 bridgehead atoms. The molecule has 2 aliphatic carbocycles. The van der Waals surface area contributed by atoms with Crippen molar-refractivity contribution in [2.75, 3.05) is 21.3 Å². The molecular formula is C28H24ClFO7. The van der Waals surface area contributed by atoms with E-state index in [1.54, 1.807) is 25.1 Å². The molecule has 2 aromatic carbocycles. The normalized spacial score (nSPS) is 24.3. The lowest BCUT2D eigenvalue weighted by Gasteiger charge is -2.41. The summed E-state index contributed by atoms with van der Waals surface area (Å²) in [5.41, 5.74) is 0.247. The summed E-state index contributed by atoms with van der Waals surface area (Å²) < 4.78 is 35.6. The molecule has 3 aliphatic rings. The summed E-state index contributed by atoms with van der Waals surface area (Å²) in [7, 11) is 4.11. The maximum absolute atomic E-state index is 14.4. The highest BCUT2D eigenvalue weighted by atomic mass is 35.5. The van der Waals surface area contributed by atoms with Gasteiger partial charge in [0.1, 0.15) is 27.9 Å². The molecule has 1 heterocycles. The van der Waals surface area contributed by atoms with Gasteiger partial charge in [0.25, 0.3) is 0 Å². The van der Waals surface area contributed by atoms with E-state index in [0.717, 1.165) is 0 Å². The van der Waals surface area contributed by atoms with Gasteiger partial charge < -0.3 is 18.9 Å². The van der Waals surface area contributed by atoms with Crippen LogP contribution >= 0.6 is 11.6 Å². The second-order valence-electron chi connectivity index (χ2n) is 9.31. The first kappa shape index (κ1) is 25.0. The van der Waals surface area contributed by atoms with Gasteiger partial charge in [0.15, 0.2) is 5.75 Å². The summed E-state index contributed by atoms with van der Waals surface area (Å²) in [4.78, 5) is 40.9. The van der Waals surface area contributed by atoms with Gasteiger partial charge in [-0.15, -0.1) is 0 Å². The van der Waals surface area contributed by atoms with Crippen LogP contribution in [0.1, 0.15) is 41.6 Å². The van der Waals surface area contributed by atoms with Gasteiger partial charge in [-0.2, -0.15) is 0 Å². The zero-order valence-electron chi connectivity index (χ0n) is 20.6. The number of carbonyl (C=O) groups is 3. The molecule has 0 N–H and O–H groups in total. The molecule has 0 amide bonds. The van der Waals surface area contributed by atoms with Crippen molar-refractivity contribution in [3.05, 3.63) is 75.1 Å². The summed E-state index contributed by atoms with van der Waals surface area (Å²) >= 11 is 6.52. The molecule has 0 aromatic heterocycles. The summed E-state index contributed by atoms with van der Waals surface area (Å²) in [5.74, 6) is -2.85. The van der Waals surface area contributed by atoms with Crippen LogP contribution in [0.2, 0.25) is 5.02 Å². The Morgan fingerprint density at radius 3 is 2.38 bits per heavy atom. The number of hydrogen-bond donors (Lipinski definition) is 0. The quantitative estimate of drug-likeness (QED) is 0.409. The zero-order valence-corrected chi connectivity index (χ0v) is 21.4. The predicted octanol–water partition coefficient (Wildman–Crippen LogP) is 5.00. The lowest BCUT2D eigenvalue weighted by Crippen LogP contribution is -2.57. The number of fused-ring (bicyclic) bond motifs is 1. The van der Waals surface area contributed by atoms with Gasteiger partial charge in [0.05, 0.1) is 21.3 Å². The van der Waals surface area contributed by atoms with Crippen LogP contribution in [-0.2, 0) is 14.3 Å². The molecule has 0 saturated carbocycles. The second-order valence-corrected chi connectivity index (χ2v) is 9.69. The fraction of sp³-hybridized carbons (Fsp3) is 0.321. The van der Waals surface area contributed by atoms with E-state index in [1.165, 1.54) is 39.5 Å². The minimum atomic E-state index is -1.88. The molecule has 0 radical (unpaired) electrons. The van der Waals surface area contributed by atoms with Crippen molar-refractivity contribution in [1.82, 2.24) is 0 Å². The highest BCUT2D eigenvalue weighted by Crippen LogP contribution is 2.56.